The van der Waals surface area contributed by atoms with Crippen LogP contribution in [-0.4, -0.2) is 26.1 Å². The van der Waals surface area contributed by atoms with Crippen LogP contribution in [0, 0.1) is 17.8 Å². The van der Waals surface area contributed by atoms with Gasteiger partial charge in [0, 0.05) is 6.61 Å². The molecule has 0 unspecified atom stereocenters. The highest BCUT2D eigenvalue weighted by molar-refractivity contribution is 6.99. The molecule has 1 fully saturated rings. The van der Waals surface area contributed by atoms with E-state index in [2.05, 4.69) is 95.3 Å². The number of hydrogen-bond acceptors (Lipinski definition) is 2. The Morgan fingerprint density at radius 1 is 0.964 bits per heavy atom. The second-order valence-electron chi connectivity index (χ2n) is 9.83. The maximum atomic E-state index is 10.5. The van der Waals surface area contributed by atoms with E-state index in [1.165, 1.54) is 10.4 Å². The third kappa shape index (κ3) is 4.42. The predicted molar refractivity (Wildman–Crippen MR) is 121 cm³/mol. The first-order valence-electron chi connectivity index (χ1n) is 10.7. The number of rotatable bonds is 8. The van der Waals surface area contributed by atoms with Gasteiger partial charge in [0.2, 0.25) is 0 Å². The van der Waals surface area contributed by atoms with Gasteiger partial charge in [-0.2, -0.15) is 0 Å². The number of benzene rings is 2. The van der Waals surface area contributed by atoms with Crippen LogP contribution < -0.4 is 10.4 Å². The summed E-state index contributed by atoms with van der Waals surface area (Å²) in [4.78, 5) is 0. The maximum absolute atomic E-state index is 10.5. The minimum atomic E-state index is -2.45. The Balaban J connectivity index is 1.88. The Hall–Kier alpha value is -1.42. The third-order valence-electron chi connectivity index (χ3n) is 6.12. The average molecular weight is 397 g/mol. The van der Waals surface area contributed by atoms with Gasteiger partial charge in [-0.15, -0.1) is 0 Å². The summed E-state index contributed by atoms with van der Waals surface area (Å²) >= 11 is 0. The summed E-state index contributed by atoms with van der Waals surface area (Å²) < 4.78 is 7.00. The molecule has 152 valence electrons. The van der Waals surface area contributed by atoms with Gasteiger partial charge in [-0.1, -0.05) is 95.3 Å². The highest BCUT2D eigenvalue weighted by Crippen LogP contribution is 2.45. The van der Waals surface area contributed by atoms with Gasteiger partial charge in [0.05, 0.1) is 6.10 Å². The summed E-state index contributed by atoms with van der Waals surface area (Å²) in [7, 11) is -2.45. The van der Waals surface area contributed by atoms with Crippen LogP contribution in [0.5, 0.6) is 0 Å². The molecule has 1 N–H and O–H groups in total. The molecule has 1 saturated carbocycles. The van der Waals surface area contributed by atoms with E-state index < -0.39 is 8.32 Å². The van der Waals surface area contributed by atoms with Gasteiger partial charge in [0.25, 0.3) is 8.32 Å². The van der Waals surface area contributed by atoms with Crippen LogP contribution in [0.1, 0.15) is 47.5 Å². The van der Waals surface area contributed by atoms with Crippen LogP contribution in [0.2, 0.25) is 5.04 Å². The van der Waals surface area contributed by atoms with Gasteiger partial charge >= 0.3 is 0 Å². The lowest BCUT2D eigenvalue weighted by Gasteiger charge is -2.43. The molecule has 3 heteroatoms. The molecule has 0 amide bonds. The lowest BCUT2D eigenvalue weighted by atomic mass is 10.0. The smallest absolute Gasteiger partial charge is 0.261 e. The van der Waals surface area contributed by atoms with E-state index in [0.717, 1.165) is 19.4 Å². The lowest BCUT2D eigenvalue weighted by molar-refractivity contribution is 0.115. The first-order valence-corrected chi connectivity index (χ1v) is 12.6. The normalized spacial score (nSPS) is 21.0. The SMILES string of the molecule is CC(C)C[C@@H](O)[C@H]1C[C@H]1CO[Si](c1ccccc1)(c1ccccc1)C(C)(C)C. The summed E-state index contributed by atoms with van der Waals surface area (Å²) in [6.45, 7) is 12.1. The van der Waals surface area contributed by atoms with Crippen LogP contribution in [-0.2, 0) is 4.43 Å². The molecule has 0 aliphatic heterocycles. The molecule has 2 aromatic carbocycles. The minimum Gasteiger partial charge on any atom is -0.407 e. The van der Waals surface area contributed by atoms with Gasteiger partial charge in [0.1, 0.15) is 0 Å². The summed E-state index contributed by atoms with van der Waals surface area (Å²) in [5.74, 6) is 1.42. The largest absolute Gasteiger partial charge is 0.407 e. The fraction of sp³-hybridized carbons (Fsp3) is 0.520. The van der Waals surface area contributed by atoms with Crippen molar-refractivity contribution in [2.24, 2.45) is 17.8 Å². The Morgan fingerprint density at radius 3 is 1.89 bits per heavy atom. The molecule has 2 aromatic rings. The standard InChI is InChI=1S/C25H36O2Si/c1-19(2)16-24(26)23-17-20(23)18-27-28(25(3,4)5,21-12-8-6-9-13-21)22-14-10-7-11-15-22/h6-15,19-20,23-24,26H,16-18H2,1-5H3/t20-,23-,24+/m0/s1. The first kappa shape index (κ1) is 21.3. The van der Waals surface area contributed by atoms with E-state index in [0.29, 0.717) is 17.8 Å². The average Bonchev–Trinajstić information content (AvgIpc) is 3.42. The minimum absolute atomic E-state index is 0.0106. The molecule has 3 atom stereocenters. The molecule has 0 heterocycles. The van der Waals surface area contributed by atoms with Crippen LogP contribution in [0.15, 0.2) is 60.7 Å². The molecule has 0 bridgehead atoms. The van der Waals surface area contributed by atoms with E-state index in [-0.39, 0.29) is 11.1 Å². The monoisotopic (exact) mass is 396 g/mol. The van der Waals surface area contributed by atoms with Crippen molar-refractivity contribution in [2.75, 3.05) is 6.61 Å². The fourth-order valence-corrected chi connectivity index (χ4v) is 9.20. The van der Waals surface area contributed by atoms with Crippen molar-refractivity contribution in [3.63, 3.8) is 0 Å². The van der Waals surface area contributed by atoms with Crippen LogP contribution in [0.25, 0.3) is 0 Å². The van der Waals surface area contributed by atoms with Gasteiger partial charge in [-0.3, -0.25) is 0 Å². The quantitative estimate of drug-likeness (QED) is 0.661. The molecule has 3 rings (SSSR count). The molecule has 1 aliphatic rings. The summed E-state index contributed by atoms with van der Waals surface area (Å²) in [6.07, 6.45) is 1.79. The predicted octanol–water partition coefficient (Wildman–Crippen LogP) is 4.61. The van der Waals surface area contributed by atoms with Crippen LogP contribution in [0.4, 0.5) is 0 Å². The summed E-state index contributed by atoms with van der Waals surface area (Å²) in [5, 5.41) is 13.2. The van der Waals surface area contributed by atoms with Crippen molar-refractivity contribution in [3.8, 4) is 0 Å². The topological polar surface area (TPSA) is 29.5 Å². The molecule has 0 spiro atoms. The zero-order valence-electron chi connectivity index (χ0n) is 18.1. The summed E-state index contributed by atoms with van der Waals surface area (Å²) in [6, 6.07) is 21.6. The molecule has 0 aromatic heterocycles. The maximum Gasteiger partial charge on any atom is 0.261 e. The van der Waals surface area contributed by atoms with Gasteiger partial charge in [-0.25, -0.2) is 0 Å². The number of aliphatic hydroxyl groups excluding tert-OH is 1. The Kier molecular flexibility index (Phi) is 6.48. The van der Waals surface area contributed by atoms with E-state index in [1.54, 1.807) is 0 Å². The Morgan fingerprint density at radius 2 is 1.46 bits per heavy atom. The van der Waals surface area contributed by atoms with E-state index in [9.17, 15) is 5.11 Å². The number of aliphatic hydroxyl groups is 1. The van der Waals surface area contributed by atoms with E-state index in [4.69, 9.17) is 4.43 Å². The van der Waals surface area contributed by atoms with Gasteiger partial charge in [0.15, 0.2) is 0 Å². The van der Waals surface area contributed by atoms with Crippen molar-refractivity contribution in [1.82, 2.24) is 0 Å². The van der Waals surface area contributed by atoms with Crippen molar-refractivity contribution >= 4 is 18.7 Å². The van der Waals surface area contributed by atoms with E-state index in [1.807, 2.05) is 0 Å². The molecule has 2 nitrogen and oxygen atoms in total. The fourth-order valence-electron chi connectivity index (χ4n) is 4.59. The zero-order chi connectivity index (χ0) is 20.4. The highest BCUT2D eigenvalue weighted by Gasteiger charge is 2.52. The van der Waals surface area contributed by atoms with E-state index >= 15 is 0 Å². The lowest BCUT2D eigenvalue weighted by Crippen LogP contribution is -2.66. The van der Waals surface area contributed by atoms with Crippen molar-refractivity contribution in [3.05, 3.63) is 60.7 Å². The first-order chi connectivity index (χ1) is 13.3. The molecule has 28 heavy (non-hydrogen) atoms. The van der Waals surface area contributed by atoms with Crippen LogP contribution in [0.3, 0.4) is 0 Å². The highest BCUT2D eigenvalue weighted by atomic mass is 28.4. The second kappa shape index (κ2) is 8.52. The Bertz CT molecular complexity index is 697. The number of hydrogen-bond donors (Lipinski definition) is 1. The Labute approximate surface area is 172 Å². The van der Waals surface area contributed by atoms with Crippen LogP contribution >= 0.6 is 0 Å². The molecule has 1 aliphatic carbocycles. The summed E-state index contributed by atoms with van der Waals surface area (Å²) in [5.41, 5.74) is 0. The van der Waals surface area contributed by atoms with Crippen molar-refractivity contribution in [2.45, 2.75) is 58.6 Å². The molecule has 0 radical (unpaired) electrons. The molecule has 0 saturated heterocycles. The molecular formula is C25H36O2Si. The van der Waals surface area contributed by atoms with Crippen molar-refractivity contribution in [1.29, 1.82) is 0 Å². The second-order valence-corrected chi connectivity index (χ2v) is 14.1. The third-order valence-corrected chi connectivity index (χ3v) is 11.1. The van der Waals surface area contributed by atoms with Crippen molar-refractivity contribution < 1.29 is 9.53 Å². The molecular weight excluding hydrogens is 360 g/mol. The van der Waals surface area contributed by atoms with Gasteiger partial charge in [-0.05, 0) is 46.0 Å². The zero-order valence-corrected chi connectivity index (χ0v) is 19.1. The van der Waals surface area contributed by atoms with Gasteiger partial charge < -0.3 is 9.53 Å².